The van der Waals surface area contributed by atoms with Crippen LogP contribution in [0.4, 0.5) is 0 Å². The zero-order valence-corrected chi connectivity index (χ0v) is 12.9. The van der Waals surface area contributed by atoms with Crippen LogP contribution in [0.3, 0.4) is 0 Å². The van der Waals surface area contributed by atoms with Gasteiger partial charge in [0.15, 0.2) is 11.5 Å². The Labute approximate surface area is 134 Å². The Morgan fingerprint density at radius 2 is 1.91 bits per heavy atom. The van der Waals surface area contributed by atoms with Crippen LogP contribution in [0.15, 0.2) is 42.5 Å². The fourth-order valence-corrected chi connectivity index (χ4v) is 3.78. The number of aromatic nitrogens is 1. The molecule has 23 heavy (non-hydrogen) atoms. The van der Waals surface area contributed by atoms with Gasteiger partial charge in [0.2, 0.25) is 6.79 Å². The lowest BCUT2D eigenvalue weighted by molar-refractivity contribution is 0.174. The minimum atomic E-state index is 0.149. The monoisotopic (exact) mass is 306 g/mol. The molecule has 0 amide bonds. The van der Waals surface area contributed by atoms with E-state index in [2.05, 4.69) is 53.6 Å². The summed E-state index contributed by atoms with van der Waals surface area (Å²) in [7, 11) is 0. The van der Waals surface area contributed by atoms with Gasteiger partial charge in [-0.1, -0.05) is 24.3 Å². The van der Waals surface area contributed by atoms with E-state index in [1.807, 2.05) is 6.07 Å². The van der Waals surface area contributed by atoms with Gasteiger partial charge in [-0.3, -0.25) is 0 Å². The standard InChI is InChI=1S/C19H18N2O2/c1-11-8-14-13-4-2-3-5-15(13)21-19(14)18(20-11)12-6-7-16-17(9-12)23-10-22-16/h2-7,9,11,18,20-21H,8,10H2,1H3. The molecule has 0 radical (unpaired) electrons. The maximum atomic E-state index is 5.54. The van der Waals surface area contributed by atoms with E-state index in [0.29, 0.717) is 12.8 Å². The largest absolute Gasteiger partial charge is 0.454 e. The van der Waals surface area contributed by atoms with Crippen LogP contribution < -0.4 is 14.8 Å². The number of para-hydroxylation sites is 1. The lowest BCUT2D eigenvalue weighted by Crippen LogP contribution is -2.37. The number of rotatable bonds is 1. The first kappa shape index (κ1) is 13.0. The summed E-state index contributed by atoms with van der Waals surface area (Å²) in [5, 5.41) is 5.05. The maximum absolute atomic E-state index is 5.54. The zero-order chi connectivity index (χ0) is 15.4. The van der Waals surface area contributed by atoms with Crippen molar-refractivity contribution in [2.24, 2.45) is 0 Å². The maximum Gasteiger partial charge on any atom is 0.231 e. The molecule has 116 valence electrons. The second-order valence-electron chi connectivity index (χ2n) is 6.38. The van der Waals surface area contributed by atoms with Crippen LogP contribution in [-0.2, 0) is 6.42 Å². The van der Waals surface area contributed by atoms with Gasteiger partial charge in [0.25, 0.3) is 0 Å². The van der Waals surface area contributed by atoms with Crippen LogP contribution in [0.2, 0.25) is 0 Å². The molecule has 0 bridgehead atoms. The SMILES string of the molecule is CC1Cc2c([nH]c3ccccc23)C(c2ccc3c(c2)OCO3)N1. The smallest absolute Gasteiger partial charge is 0.231 e. The number of ether oxygens (including phenoxy) is 2. The quantitative estimate of drug-likeness (QED) is 0.723. The van der Waals surface area contributed by atoms with Gasteiger partial charge in [0.1, 0.15) is 0 Å². The van der Waals surface area contributed by atoms with E-state index >= 15 is 0 Å². The van der Waals surface area contributed by atoms with E-state index in [1.54, 1.807) is 0 Å². The first-order chi connectivity index (χ1) is 11.3. The van der Waals surface area contributed by atoms with Crippen molar-refractivity contribution in [1.29, 1.82) is 0 Å². The molecule has 0 fully saturated rings. The van der Waals surface area contributed by atoms with Crippen molar-refractivity contribution in [2.75, 3.05) is 6.79 Å². The molecule has 2 aliphatic rings. The van der Waals surface area contributed by atoms with Crippen LogP contribution in [0.5, 0.6) is 11.5 Å². The molecule has 2 aliphatic heterocycles. The Kier molecular flexibility index (Phi) is 2.70. The minimum Gasteiger partial charge on any atom is -0.454 e. The summed E-state index contributed by atoms with van der Waals surface area (Å²) in [6.07, 6.45) is 1.04. The Bertz CT molecular complexity index is 900. The van der Waals surface area contributed by atoms with Crippen molar-refractivity contribution in [1.82, 2.24) is 10.3 Å². The van der Waals surface area contributed by atoms with E-state index in [1.165, 1.54) is 27.7 Å². The molecule has 0 saturated heterocycles. The van der Waals surface area contributed by atoms with Gasteiger partial charge in [0.05, 0.1) is 6.04 Å². The third-order valence-electron chi connectivity index (χ3n) is 4.83. The van der Waals surface area contributed by atoms with E-state index < -0.39 is 0 Å². The molecule has 0 saturated carbocycles. The highest BCUT2D eigenvalue weighted by atomic mass is 16.7. The van der Waals surface area contributed by atoms with Gasteiger partial charge in [-0.05, 0) is 42.7 Å². The molecule has 3 aromatic rings. The summed E-state index contributed by atoms with van der Waals surface area (Å²) in [4.78, 5) is 3.62. The molecule has 2 aromatic carbocycles. The fraction of sp³-hybridized carbons (Fsp3) is 0.263. The third-order valence-corrected chi connectivity index (χ3v) is 4.83. The number of hydrogen-bond donors (Lipinski definition) is 2. The number of aromatic amines is 1. The molecule has 2 atom stereocenters. The summed E-state index contributed by atoms with van der Waals surface area (Å²) in [5.74, 6) is 1.66. The Morgan fingerprint density at radius 3 is 2.87 bits per heavy atom. The summed E-state index contributed by atoms with van der Waals surface area (Å²) in [5.41, 5.74) is 5.10. The second-order valence-corrected chi connectivity index (χ2v) is 6.38. The predicted octanol–water partition coefficient (Wildman–Crippen LogP) is 3.52. The third kappa shape index (κ3) is 1.95. The molecule has 4 nitrogen and oxygen atoms in total. The molecule has 4 heteroatoms. The first-order valence-electron chi connectivity index (χ1n) is 8.04. The van der Waals surface area contributed by atoms with Crippen LogP contribution in [0, 0.1) is 0 Å². The summed E-state index contributed by atoms with van der Waals surface area (Å²) < 4.78 is 11.0. The van der Waals surface area contributed by atoms with Crippen molar-refractivity contribution in [3.63, 3.8) is 0 Å². The molecular formula is C19H18N2O2. The molecule has 0 spiro atoms. The number of benzene rings is 2. The summed E-state index contributed by atoms with van der Waals surface area (Å²) in [6, 6.07) is 15.3. The molecule has 2 unspecified atom stereocenters. The second kappa shape index (κ2) is 4.77. The topological polar surface area (TPSA) is 46.3 Å². The zero-order valence-electron chi connectivity index (χ0n) is 12.9. The number of hydrogen-bond acceptors (Lipinski definition) is 3. The summed E-state index contributed by atoms with van der Waals surface area (Å²) >= 11 is 0. The molecule has 0 aliphatic carbocycles. The highest BCUT2D eigenvalue weighted by Crippen LogP contribution is 2.39. The molecule has 5 rings (SSSR count). The molecule has 1 aromatic heterocycles. The van der Waals surface area contributed by atoms with E-state index in [4.69, 9.17) is 9.47 Å². The number of H-pyrrole nitrogens is 1. The minimum absolute atomic E-state index is 0.149. The molecular weight excluding hydrogens is 288 g/mol. The van der Waals surface area contributed by atoms with Crippen molar-refractivity contribution in [2.45, 2.75) is 25.4 Å². The van der Waals surface area contributed by atoms with Crippen LogP contribution in [-0.4, -0.2) is 17.8 Å². The van der Waals surface area contributed by atoms with Crippen molar-refractivity contribution >= 4 is 10.9 Å². The van der Waals surface area contributed by atoms with Crippen molar-refractivity contribution in [3.05, 3.63) is 59.3 Å². The van der Waals surface area contributed by atoms with Crippen LogP contribution in [0.1, 0.15) is 29.8 Å². The highest BCUT2D eigenvalue weighted by Gasteiger charge is 2.29. The number of fused-ring (bicyclic) bond motifs is 4. The Hall–Kier alpha value is -2.46. The Balaban J connectivity index is 1.67. The van der Waals surface area contributed by atoms with Crippen LogP contribution >= 0.6 is 0 Å². The lowest BCUT2D eigenvalue weighted by atomic mass is 9.91. The van der Waals surface area contributed by atoms with Gasteiger partial charge < -0.3 is 19.8 Å². The van der Waals surface area contributed by atoms with Gasteiger partial charge in [-0.15, -0.1) is 0 Å². The van der Waals surface area contributed by atoms with E-state index in [0.717, 1.165) is 17.9 Å². The van der Waals surface area contributed by atoms with Crippen molar-refractivity contribution < 1.29 is 9.47 Å². The van der Waals surface area contributed by atoms with E-state index in [9.17, 15) is 0 Å². The highest BCUT2D eigenvalue weighted by molar-refractivity contribution is 5.85. The molecule has 2 N–H and O–H groups in total. The number of nitrogens with one attached hydrogen (secondary N) is 2. The average molecular weight is 306 g/mol. The Morgan fingerprint density at radius 1 is 1.04 bits per heavy atom. The van der Waals surface area contributed by atoms with Crippen LogP contribution in [0.25, 0.3) is 10.9 Å². The predicted molar refractivity (Wildman–Crippen MR) is 89.0 cm³/mol. The summed E-state index contributed by atoms with van der Waals surface area (Å²) in [6.45, 7) is 2.55. The average Bonchev–Trinajstić information content (AvgIpc) is 3.17. The fourth-order valence-electron chi connectivity index (χ4n) is 3.78. The van der Waals surface area contributed by atoms with Crippen molar-refractivity contribution in [3.8, 4) is 11.5 Å². The van der Waals surface area contributed by atoms with Gasteiger partial charge in [-0.25, -0.2) is 0 Å². The normalized spacial score (nSPS) is 22.3. The van der Waals surface area contributed by atoms with E-state index in [-0.39, 0.29) is 6.04 Å². The molecule has 3 heterocycles. The van der Waals surface area contributed by atoms with Gasteiger partial charge in [-0.2, -0.15) is 0 Å². The first-order valence-corrected chi connectivity index (χ1v) is 8.04. The lowest BCUT2D eigenvalue weighted by Gasteiger charge is -2.29. The van der Waals surface area contributed by atoms with Gasteiger partial charge in [0, 0.05) is 22.6 Å². The van der Waals surface area contributed by atoms with Gasteiger partial charge >= 0.3 is 0 Å².